The van der Waals surface area contributed by atoms with Crippen LogP contribution in [-0.4, -0.2) is 35.2 Å². The molecular weight excluding hydrogens is 222 g/mol. The van der Waals surface area contributed by atoms with Crippen molar-refractivity contribution >= 4 is 11.9 Å². The third-order valence-electron chi connectivity index (χ3n) is 2.33. The lowest BCUT2D eigenvalue weighted by molar-refractivity contribution is -0.148. The Morgan fingerprint density at radius 2 is 2.12 bits per heavy atom. The Hall–Kier alpha value is -1.36. The van der Waals surface area contributed by atoms with Gasteiger partial charge >= 0.3 is 11.9 Å². The molecule has 1 fully saturated rings. The predicted octanol–water partition coefficient (Wildman–Crippen LogP) is 1.09. The summed E-state index contributed by atoms with van der Waals surface area (Å²) in [6, 6.07) is -0.600. The third-order valence-corrected chi connectivity index (χ3v) is 2.33. The third kappa shape index (κ3) is 4.99. The number of piperidine rings is 1. The molecule has 17 heavy (non-hydrogen) atoms. The summed E-state index contributed by atoms with van der Waals surface area (Å²) in [6.45, 7) is 5.97. The molecule has 0 amide bonds. The second-order valence-electron chi connectivity index (χ2n) is 5.14. The van der Waals surface area contributed by atoms with Crippen LogP contribution >= 0.6 is 0 Å². The molecule has 5 heteroatoms. The van der Waals surface area contributed by atoms with E-state index in [0.29, 0.717) is 19.4 Å². The first-order valence-electron chi connectivity index (χ1n) is 5.66. The average Bonchev–Trinajstić information content (AvgIpc) is 2.14. The highest BCUT2D eigenvalue weighted by molar-refractivity contribution is 5.83. The van der Waals surface area contributed by atoms with Gasteiger partial charge in [-0.25, -0.2) is 4.79 Å². The lowest BCUT2D eigenvalue weighted by Crippen LogP contribution is -2.41. The van der Waals surface area contributed by atoms with Crippen LogP contribution in [0.4, 0.5) is 0 Å². The molecule has 0 saturated carbocycles. The van der Waals surface area contributed by atoms with Gasteiger partial charge in [0.2, 0.25) is 0 Å². The van der Waals surface area contributed by atoms with Crippen LogP contribution in [0.1, 0.15) is 33.6 Å². The summed E-state index contributed by atoms with van der Waals surface area (Å²) in [4.78, 5) is 22.3. The van der Waals surface area contributed by atoms with Crippen molar-refractivity contribution < 1.29 is 19.4 Å². The number of ether oxygens (including phenoxy) is 1. The van der Waals surface area contributed by atoms with Crippen LogP contribution in [0, 0.1) is 0 Å². The number of carbonyl (C=O) groups is 2. The van der Waals surface area contributed by atoms with E-state index in [9.17, 15) is 9.59 Å². The van der Waals surface area contributed by atoms with E-state index in [4.69, 9.17) is 9.84 Å². The molecule has 0 bridgehead atoms. The summed E-state index contributed by atoms with van der Waals surface area (Å²) in [5.74, 6) is -1.29. The number of carboxylic acids is 1. The molecule has 0 aromatic rings. The van der Waals surface area contributed by atoms with Crippen LogP contribution < -0.4 is 5.32 Å². The molecule has 0 aromatic carbocycles. The van der Waals surface area contributed by atoms with Crippen molar-refractivity contribution in [3.63, 3.8) is 0 Å². The summed E-state index contributed by atoms with van der Waals surface area (Å²) >= 11 is 0. The summed E-state index contributed by atoms with van der Waals surface area (Å²) in [6.07, 6.45) is 2.46. The van der Waals surface area contributed by atoms with Gasteiger partial charge in [0.05, 0.1) is 0 Å². The number of carboxylic acid groups (broad SMARTS) is 1. The number of carbonyl (C=O) groups excluding carboxylic acids is 1. The fourth-order valence-electron chi connectivity index (χ4n) is 1.65. The van der Waals surface area contributed by atoms with E-state index in [0.717, 1.165) is 5.57 Å². The molecule has 1 heterocycles. The van der Waals surface area contributed by atoms with Gasteiger partial charge in [0.25, 0.3) is 0 Å². The van der Waals surface area contributed by atoms with Crippen LogP contribution in [0.25, 0.3) is 0 Å². The van der Waals surface area contributed by atoms with Crippen molar-refractivity contribution in [3.8, 4) is 0 Å². The number of esters is 1. The van der Waals surface area contributed by atoms with E-state index in [1.165, 1.54) is 6.08 Å². The minimum absolute atomic E-state index is 0.356. The number of nitrogens with one attached hydrogen (secondary N) is 1. The molecule has 1 aliphatic rings. The molecule has 5 nitrogen and oxygen atoms in total. The fraction of sp³-hybridized carbons (Fsp3) is 0.667. The molecule has 0 unspecified atom stereocenters. The maximum Gasteiger partial charge on any atom is 0.331 e. The van der Waals surface area contributed by atoms with E-state index in [1.807, 2.05) is 0 Å². The molecule has 96 valence electrons. The van der Waals surface area contributed by atoms with Crippen LogP contribution in [0.5, 0.6) is 0 Å². The zero-order valence-electron chi connectivity index (χ0n) is 10.4. The van der Waals surface area contributed by atoms with E-state index in [1.54, 1.807) is 20.8 Å². The molecule has 2 N–H and O–H groups in total. The molecule has 1 atom stereocenters. The molecule has 1 saturated heterocycles. The summed E-state index contributed by atoms with van der Waals surface area (Å²) in [5, 5.41) is 11.7. The van der Waals surface area contributed by atoms with Crippen molar-refractivity contribution in [3.05, 3.63) is 11.6 Å². The van der Waals surface area contributed by atoms with Gasteiger partial charge in [0.1, 0.15) is 11.6 Å². The molecule has 1 aliphatic heterocycles. The Bertz CT molecular complexity index is 341. The van der Waals surface area contributed by atoms with Crippen molar-refractivity contribution in [1.82, 2.24) is 5.32 Å². The zero-order chi connectivity index (χ0) is 13.1. The zero-order valence-corrected chi connectivity index (χ0v) is 10.4. The van der Waals surface area contributed by atoms with Crippen molar-refractivity contribution in [2.75, 3.05) is 6.54 Å². The minimum Gasteiger partial charge on any atom is -0.480 e. The number of aliphatic carboxylic acids is 1. The van der Waals surface area contributed by atoms with Crippen LogP contribution in [0.3, 0.4) is 0 Å². The molecule has 0 spiro atoms. The lowest BCUT2D eigenvalue weighted by atomic mass is 9.98. The largest absolute Gasteiger partial charge is 0.480 e. The molecule has 0 aromatic heterocycles. The molecular formula is C12H19NO4. The minimum atomic E-state index is -0.889. The van der Waals surface area contributed by atoms with Crippen LogP contribution in [0.2, 0.25) is 0 Å². The molecule has 0 aliphatic carbocycles. The van der Waals surface area contributed by atoms with E-state index < -0.39 is 23.6 Å². The van der Waals surface area contributed by atoms with Crippen LogP contribution in [0.15, 0.2) is 11.6 Å². The van der Waals surface area contributed by atoms with E-state index >= 15 is 0 Å². The van der Waals surface area contributed by atoms with Gasteiger partial charge in [0.15, 0.2) is 0 Å². The SMILES string of the molecule is CC(C)(C)OC(=O)C=C1CCN[C@H](C(=O)O)C1. The highest BCUT2D eigenvalue weighted by Crippen LogP contribution is 2.16. The summed E-state index contributed by atoms with van der Waals surface area (Å²) in [7, 11) is 0. The predicted molar refractivity (Wildman–Crippen MR) is 62.6 cm³/mol. The van der Waals surface area contributed by atoms with Gasteiger partial charge in [-0.05, 0) is 40.2 Å². The first-order chi connectivity index (χ1) is 7.78. The van der Waals surface area contributed by atoms with Crippen molar-refractivity contribution in [1.29, 1.82) is 0 Å². The Morgan fingerprint density at radius 3 is 2.65 bits per heavy atom. The van der Waals surface area contributed by atoms with Crippen molar-refractivity contribution in [2.45, 2.75) is 45.3 Å². The number of hydrogen-bond acceptors (Lipinski definition) is 4. The second-order valence-corrected chi connectivity index (χ2v) is 5.14. The highest BCUT2D eigenvalue weighted by atomic mass is 16.6. The number of rotatable bonds is 2. The first kappa shape index (κ1) is 13.7. The van der Waals surface area contributed by atoms with Gasteiger partial charge in [-0.3, -0.25) is 4.79 Å². The topological polar surface area (TPSA) is 75.6 Å². The standard InChI is InChI=1S/C12H19NO4/c1-12(2,3)17-10(14)7-8-4-5-13-9(6-8)11(15)16/h7,9,13H,4-6H2,1-3H3,(H,15,16)/t9-/m0/s1. The van der Waals surface area contributed by atoms with Gasteiger partial charge in [-0.2, -0.15) is 0 Å². The lowest BCUT2D eigenvalue weighted by Gasteiger charge is -2.23. The molecule has 0 radical (unpaired) electrons. The fourth-order valence-corrected chi connectivity index (χ4v) is 1.65. The highest BCUT2D eigenvalue weighted by Gasteiger charge is 2.23. The summed E-state index contributed by atoms with van der Waals surface area (Å²) in [5.41, 5.74) is 0.304. The van der Waals surface area contributed by atoms with Gasteiger partial charge in [-0.1, -0.05) is 5.57 Å². The Morgan fingerprint density at radius 1 is 1.47 bits per heavy atom. The molecule has 1 rings (SSSR count). The second kappa shape index (κ2) is 5.31. The quantitative estimate of drug-likeness (QED) is 0.559. The maximum absolute atomic E-state index is 11.5. The Kier molecular flexibility index (Phi) is 4.28. The van der Waals surface area contributed by atoms with Gasteiger partial charge in [0, 0.05) is 6.08 Å². The van der Waals surface area contributed by atoms with E-state index in [2.05, 4.69) is 5.32 Å². The Balaban J connectivity index is 2.60. The maximum atomic E-state index is 11.5. The smallest absolute Gasteiger partial charge is 0.331 e. The van der Waals surface area contributed by atoms with E-state index in [-0.39, 0.29) is 0 Å². The normalized spacial score (nSPS) is 23.5. The summed E-state index contributed by atoms with van der Waals surface area (Å²) < 4.78 is 5.15. The number of hydrogen-bond donors (Lipinski definition) is 2. The van der Waals surface area contributed by atoms with Crippen LogP contribution in [-0.2, 0) is 14.3 Å². The monoisotopic (exact) mass is 241 g/mol. The average molecular weight is 241 g/mol. The first-order valence-corrected chi connectivity index (χ1v) is 5.66. The van der Waals surface area contributed by atoms with Gasteiger partial charge in [-0.15, -0.1) is 0 Å². The van der Waals surface area contributed by atoms with Gasteiger partial charge < -0.3 is 15.2 Å². The van der Waals surface area contributed by atoms with Crippen molar-refractivity contribution in [2.24, 2.45) is 0 Å². The Labute approximate surface area is 101 Å².